The van der Waals surface area contributed by atoms with E-state index in [2.05, 4.69) is 32.5 Å². The number of nitrogens with one attached hydrogen (secondary N) is 3. The second-order valence-electron chi connectivity index (χ2n) is 5.40. The Labute approximate surface area is 146 Å². The maximum atomic E-state index is 11.5. The second-order valence-corrected chi connectivity index (χ2v) is 5.40. The number of rotatable bonds is 5. The van der Waals surface area contributed by atoms with Gasteiger partial charge >= 0.3 is 0 Å². The summed E-state index contributed by atoms with van der Waals surface area (Å²) in [5.74, 6) is 1.09. The number of fused-ring (bicyclic) bond motifs is 1. The van der Waals surface area contributed by atoms with Gasteiger partial charge in [-0.05, 0) is 41.5 Å². The molecule has 0 saturated carbocycles. The lowest BCUT2D eigenvalue weighted by Gasteiger charge is -2.10. The van der Waals surface area contributed by atoms with Crippen LogP contribution >= 0.6 is 0 Å². The Bertz CT molecular complexity index is 952. The van der Waals surface area contributed by atoms with E-state index in [1.165, 1.54) is 6.08 Å². The van der Waals surface area contributed by atoms with Crippen LogP contribution in [0.1, 0.15) is 0 Å². The van der Waals surface area contributed by atoms with Gasteiger partial charge in [0, 0.05) is 25.2 Å². The highest BCUT2D eigenvalue weighted by Gasteiger charge is 2.08. The molecule has 3 aromatic rings. The average molecular weight is 333 g/mol. The van der Waals surface area contributed by atoms with Gasteiger partial charge in [-0.1, -0.05) is 24.8 Å². The van der Waals surface area contributed by atoms with Gasteiger partial charge < -0.3 is 16.0 Å². The molecule has 6 heteroatoms. The van der Waals surface area contributed by atoms with Crippen LogP contribution in [0, 0.1) is 0 Å². The van der Waals surface area contributed by atoms with E-state index in [1.807, 2.05) is 49.5 Å². The fourth-order valence-corrected chi connectivity index (χ4v) is 2.58. The summed E-state index contributed by atoms with van der Waals surface area (Å²) in [5, 5.41) is 9.78. The minimum Gasteiger partial charge on any atom is -0.372 e. The highest BCUT2D eigenvalue weighted by molar-refractivity contribution is 5.99. The Morgan fingerprint density at radius 3 is 2.56 bits per heavy atom. The molecule has 3 rings (SSSR count). The summed E-state index contributed by atoms with van der Waals surface area (Å²) in [4.78, 5) is 20.4. The van der Waals surface area contributed by atoms with E-state index in [-0.39, 0.29) is 5.91 Å². The summed E-state index contributed by atoms with van der Waals surface area (Å²) in [6, 6.07) is 13.7. The largest absolute Gasteiger partial charge is 0.372 e. The normalized spacial score (nSPS) is 10.3. The third-order valence-corrected chi connectivity index (χ3v) is 3.81. The van der Waals surface area contributed by atoms with Crippen molar-refractivity contribution in [3.05, 3.63) is 55.1 Å². The molecule has 2 aromatic carbocycles. The standard InChI is InChI=1S/C19H19N5O/c1-4-17(25)22-14-7-5-6-12(10-14)13-8-9-15-16(11-13)23-19(21-3)24-18(15)20-2/h4-11H,1H2,2-3H3,(H,22,25)(H2,20,21,23,24). The Morgan fingerprint density at radius 1 is 1.04 bits per heavy atom. The lowest BCUT2D eigenvalue weighted by molar-refractivity contribution is -0.111. The first-order valence-electron chi connectivity index (χ1n) is 7.85. The van der Waals surface area contributed by atoms with Crippen molar-refractivity contribution in [3.8, 4) is 11.1 Å². The molecule has 0 fully saturated rings. The predicted molar refractivity (Wildman–Crippen MR) is 103 cm³/mol. The lowest BCUT2D eigenvalue weighted by Crippen LogP contribution is -2.07. The number of carbonyl (C=O) groups excluding carboxylic acids is 1. The first-order valence-corrected chi connectivity index (χ1v) is 7.85. The zero-order chi connectivity index (χ0) is 17.8. The highest BCUT2D eigenvalue weighted by Crippen LogP contribution is 2.29. The van der Waals surface area contributed by atoms with Gasteiger partial charge in [0.1, 0.15) is 5.82 Å². The molecule has 0 aliphatic rings. The van der Waals surface area contributed by atoms with Gasteiger partial charge in [0.15, 0.2) is 0 Å². The van der Waals surface area contributed by atoms with E-state index < -0.39 is 0 Å². The summed E-state index contributed by atoms with van der Waals surface area (Å²) in [6.07, 6.45) is 1.25. The van der Waals surface area contributed by atoms with E-state index in [0.717, 1.165) is 33.5 Å². The molecule has 1 amide bonds. The molecule has 1 aromatic heterocycles. The van der Waals surface area contributed by atoms with Crippen LogP contribution < -0.4 is 16.0 Å². The number of anilines is 3. The maximum absolute atomic E-state index is 11.5. The molecule has 25 heavy (non-hydrogen) atoms. The fourth-order valence-electron chi connectivity index (χ4n) is 2.58. The highest BCUT2D eigenvalue weighted by atomic mass is 16.1. The van der Waals surface area contributed by atoms with Crippen molar-refractivity contribution in [2.24, 2.45) is 0 Å². The van der Waals surface area contributed by atoms with Crippen molar-refractivity contribution in [1.29, 1.82) is 0 Å². The van der Waals surface area contributed by atoms with Gasteiger partial charge in [-0.25, -0.2) is 4.98 Å². The zero-order valence-electron chi connectivity index (χ0n) is 14.1. The third kappa shape index (κ3) is 3.42. The molecule has 0 aliphatic heterocycles. The molecular weight excluding hydrogens is 314 g/mol. The summed E-state index contributed by atoms with van der Waals surface area (Å²) >= 11 is 0. The van der Waals surface area contributed by atoms with E-state index in [1.54, 1.807) is 7.05 Å². The van der Waals surface area contributed by atoms with Crippen LogP contribution in [0.3, 0.4) is 0 Å². The van der Waals surface area contributed by atoms with Gasteiger partial charge in [0.05, 0.1) is 5.52 Å². The predicted octanol–water partition coefficient (Wildman–Crippen LogP) is 3.50. The Balaban J connectivity index is 2.05. The molecule has 0 radical (unpaired) electrons. The number of hydrogen-bond acceptors (Lipinski definition) is 5. The molecule has 6 nitrogen and oxygen atoms in total. The first kappa shape index (κ1) is 16.4. The smallest absolute Gasteiger partial charge is 0.247 e. The Hall–Kier alpha value is -3.41. The topological polar surface area (TPSA) is 78.9 Å². The van der Waals surface area contributed by atoms with Gasteiger partial charge in [-0.15, -0.1) is 0 Å². The van der Waals surface area contributed by atoms with E-state index in [0.29, 0.717) is 5.95 Å². The molecule has 3 N–H and O–H groups in total. The molecular formula is C19H19N5O. The number of amides is 1. The van der Waals surface area contributed by atoms with E-state index in [4.69, 9.17) is 0 Å². The quantitative estimate of drug-likeness (QED) is 0.623. The molecule has 0 bridgehead atoms. The number of hydrogen-bond donors (Lipinski definition) is 3. The number of carbonyl (C=O) groups is 1. The van der Waals surface area contributed by atoms with Crippen molar-refractivity contribution in [2.75, 3.05) is 30.0 Å². The lowest BCUT2D eigenvalue weighted by atomic mass is 10.0. The van der Waals surface area contributed by atoms with Crippen LogP contribution in [0.2, 0.25) is 0 Å². The summed E-state index contributed by atoms with van der Waals surface area (Å²) in [7, 11) is 3.62. The Morgan fingerprint density at radius 2 is 1.84 bits per heavy atom. The van der Waals surface area contributed by atoms with Crippen LogP contribution in [0.15, 0.2) is 55.1 Å². The van der Waals surface area contributed by atoms with Crippen molar-refractivity contribution in [1.82, 2.24) is 9.97 Å². The molecule has 1 heterocycles. The van der Waals surface area contributed by atoms with Crippen molar-refractivity contribution < 1.29 is 4.79 Å². The second kappa shape index (κ2) is 7.00. The van der Waals surface area contributed by atoms with Crippen molar-refractivity contribution >= 4 is 34.3 Å². The minimum absolute atomic E-state index is 0.235. The molecule has 0 aliphatic carbocycles. The van der Waals surface area contributed by atoms with Crippen LogP contribution in [-0.4, -0.2) is 30.0 Å². The third-order valence-electron chi connectivity index (χ3n) is 3.81. The fraction of sp³-hybridized carbons (Fsp3) is 0.105. The van der Waals surface area contributed by atoms with Gasteiger partial charge in [0.2, 0.25) is 11.9 Å². The molecule has 0 saturated heterocycles. The van der Waals surface area contributed by atoms with Crippen molar-refractivity contribution in [3.63, 3.8) is 0 Å². The number of nitrogens with zero attached hydrogens (tertiary/aromatic N) is 2. The molecule has 0 atom stereocenters. The molecule has 0 unspecified atom stereocenters. The molecule has 126 valence electrons. The summed E-state index contributed by atoms with van der Waals surface area (Å²) in [6.45, 7) is 3.47. The van der Waals surface area contributed by atoms with Gasteiger partial charge in [-0.3, -0.25) is 4.79 Å². The maximum Gasteiger partial charge on any atom is 0.247 e. The molecule has 0 spiro atoms. The SMILES string of the molecule is C=CC(=O)Nc1cccc(-c2ccc3c(NC)nc(NC)nc3c2)c1. The monoisotopic (exact) mass is 333 g/mol. The van der Waals surface area contributed by atoms with Crippen LogP contribution in [0.5, 0.6) is 0 Å². The summed E-state index contributed by atoms with van der Waals surface area (Å²) < 4.78 is 0. The van der Waals surface area contributed by atoms with Crippen LogP contribution in [0.25, 0.3) is 22.0 Å². The summed E-state index contributed by atoms with van der Waals surface area (Å²) in [5.41, 5.74) is 3.54. The van der Waals surface area contributed by atoms with Crippen molar-refractivity contribution in [2.45, 2.75) is 0 Å². The zero-order valence-corrected chi connectivity index (χ0v) is 14.1. The van der Waals surface area contributed by atoms with Gasteiger partial charge in [0.25, 0.3) is 0 Å². The Kier molecular flexibility index (Phi) is 4.61. The first-order chi connectivity index (χ1) is 12.1. The van der Waals surface area contributed by atoms with E-state index in [9.17, 15) is 4.79 Å². The average Bonchev–Trinajstić information content (AvgIpc) is 2.66. The minimum atomic E-state index is -0.235. The van der Waals surface area contributed by atoms with Gasteiger partial charge in [-0.2, -0.15) is 4.98 Å². The van der Waals surface area contributed by atoms with Crippen LogP contribution in [-0.2, 0) is 4.79 Å². The number of benzene rings is 2. The number of aromatic nitrogens is 2. The van der Waals surface area contributed by atoms with Crippen LogP contribution in [0.4, 0.5) is 17.5 Å². The van der Waals surface area contributed by atoms with E-state index >= 15 is 0 Å².